The first kappa shape index (κ1) is 18.9. The van der Waals surface area contributed by atoms with Gasteiger partial charge in [-0.25, -0.2) is 4.98 Å². The Kier molecular flexibility index (Phi) is 5.64. The molecule has 1 aromatic carbocycles. The molecule has 0 atom stereocenters. The number of aromatic amines is 1. The Morgan fingerprint density at radius 1 is 1.12 bits per heavy atom. The number of thioether (sulfide) groups is 1. The fourth-order valence-corrected chi connectivity index (χ4v) is 3.89. The lowest BCUT2D eigenvalue weighted by Crippen LogP contribution is -2.16. The summed E-state index contributed by atoms with van der Waals surface area (Å²) in [6.07, 6.45) is 1.82. The summed E-state index contributed by atoms with van der Waals surface area (Å²) in [5, 5.41) is 9.90. The normalized spacial score (nSPS) is 11.0. The third kappa shape index (κ3) is 3.06. The highest BCUT2D eigenvalue weighted by molar-refractivity contribution is 7.98. The van der Waals surface area contributed by atoms with E-state index in [0.717, 1.165) is 33.4 Å². The van der Waals surface area contributed by atoms with E-state index in [0.29, 0.717) is 10.9 Å². The van der Waals surface area contributed by atoms with Gasteiger partial charge in [-0.2, -0.15) is 5.26 Å². The third-order valence-electron chi connectivity index (χ3n) is 4.34. The summed E-state index contributed by atoms with van der Waals surface area (Å²) in [6.45, 7) is 7.74. The van der Waals surface area contributed by atoms with Crippen LogP contribution in [0.4, 0.5) is 0 Å². The van der Waals surface area contributed by atoms with Crippen molar-refractivity contribution in [1.82, 2.24) is 9.97 Å². The van der Waals surface area contributed by atoms with Gasteiger partial charge in [-0.3, -0.25) is 4.79 Å². The smallest absolute Gasteiger partial charge is 0.270 e. The first-order valence-corrected chi connectivity index (χ1v) is 9.31. The molecule has 0 aliphatic heterocycles. The van der Waals surface area contributed by atoms with Crippen molar-refractivity contribution < 1.29 is 0 Å². The number of halogens is 2. The number of aromatic nitrogens is 2. The molecule has 2 aromatic rings. The number of hydrogen-bond acceptors (Lipinski definition) is 4. The summed E-state index contributed by atoms with van der Waals surface area (Å²) in [5.74, 6) is 0. The fourth-order valence-electron chi connectivity index (χ4n) is 2.86. The summed E-state index contributed by atoms with van der Waals surface area (Å²) >= 11 is 13.6. The van der Waals surface area contributed by atoms with Crippen LogP contribution in [0.5, 0.6) is 0 Å². The highest BCUT2D eigenvalue weighted by Crippen LogP contribution is 2.39. The molecular weight excluding hydrogens is 365 g/mol. The van der Waals surface area contributed by atoms with Crippen LogP contribution < -0.4 is 5.56 Å². The van der Waals surface area contributed by atoms with Gasteiger partial charge in [0, 0.05) is 5.56 Å². The average molecular weight is 382 g/mol. The van der Waals surface area contributed by atoms with Crippen molar-refractivity contribution in [2.24, 2.45) is 0 Å². The fraction of sp³-hybridized carbons (Fsp3) is 0.353. The van der Waals surface area contributed by atoms with Crippen molar-refractivity contribution in [3.05, 3.63) is 43.7 Å². The summed E-state index contributed by atoms with van der Waals surface area (Å²) in [4.78, 5) is 18.7. The first-order valence-electron chi connectivity index (χ1n) is 7.21. The maximum absolute atomic E-state index is 12.2. The molecule has 0 bridgehead atoms. The van der Waals surface area contributed by atoms with Crippen LogP contribution in [0.2, 0.25) is 0 Å². The number of benzene rings is 1. The lowest BCUT2D eigenvalue weighted by atomic mass is 9.87. The number of alkyl halides is 2. The van der Waals surface area contributed by atoms with Crippen LogP contribution in [-0.4, -0.2) is 16.2 Å². The highest BCUT2D eigenvalue weighted by Gasteiger charge is 2.23. The standard InChI is InChI=1S/C17H17Cl2N3OS/c1-7-9(3)13(15(18)19)10(4)8(2)12(7)14-11(6-20)16(23)22-17(21-14)24-5/h15H,1-5H3,(H,21,22,23). The SMILES string of the molecule is CSc1nc(-c2c(C)c(C)c(C(Cl)Cl)c(C)c2C)c(C#N)c(=O)[nH]1. The number of hydrogen-bond donors (Lipinski definition) is 1. The molecule has 24 heavy (non-hydrogen) atoms. The Hall–Kier alpha value is -1.48. The molecule has 1 heterocycles. The minimum atomic E-state index is -0.638. The zero-order valence-corrected chi connectivity index (χ0v) is 16.4. The Morgan fingerprint density at radius 2 is 1.67 bits per heavy atom. The van der Waals surface area contributed by atoms with Gasteiger partial charge < -0.3 is 4.98 Å². The molecule has 1 N–H and O–H groups in total. The van der Waals surface area contributed by atoms with Crippen LogP contribution in [0.1, 0.15) is 38.2 Å². The Bertz CT molecular complexity index is 885. The number of nitrogens with zero attached hydrogens (tertiary/aromatic N) is 2. The van der Waals surface area contributed by atoms with Gasteiger partial charge in [0.05, 0.1) is 5.69 Å². The molecule has 0 spiro atoms. The molecule has 2 rings (SSSR count). The van der Waals surface area contributed by atoms with E-state index in [2.05, 4.69) is 9.97 Å². The molecule has 0 aliphatic rings. The first-order chi connectivity index (χ1) is 11.2. The van der Waals surface area contributed by atoms with Gasteiger partial charge in [-0.1, -0.05) is 11.8 Å². The van der Waals surface area contributed by atoms with E-state index >= 15 is 0 Å². The summed E-state index contributed by atoms with van der Waals surface area (Å²) in [5.41, 5.74) is 5.36. The van der Waals surface area contributed by atoms with E-state index in [1.54, 1.807) is 0 Å². The number of nitriles is 1. The molecule has 7 heteroatoms. The second kappa shape index (κ2) is 7.18. The lowest BCUT2D eigenvalue weighted by Gasteiger charge is -2.21. The van der Waals surface area contributed by atoms with Crippen molar-refractivity contribution in [3.63, 3.8) is 0 Å². The maximum Gasteiger partial charge on any atom is 0.270 e. The zero-order chi connectivity index (χ0) is 18.2. The van der Waals surface area contributed by atoms with E-state index < -0.39 is 10.4 Å². The van der Waals surface area contributed by atoms with Crippen LogP contribution in [0.3, 0.4) is 0 Å². The van der Waals surface area contributed by atoms with Crippen LogP contribution in [-0.2, 0) is 0 Å². The minimum Gasteiger partial charge on any atom is -0.300 e. The van der Waals surface area contributed by atoms with E-state index in [9.17, 15) is 10.1 Å². The van der Waals surface area contributed by atoms with Crippen LogP contribution in [0, 0.1) is 39.0 Å². The topological polar surface area (TPSA) is 69.5 Å². The highest BCUT2D eigenvalue weighted by atomic mass is 35.5. The largest absolute Gasteiger partial charge is 0.300 e. The lowest BCUT2D eigenvalue weighted by molar-refractivity contribution is 0.934. The molecule has 126 valence electrons. The minimum absolute atomic E-state index is 0.0128. The molecule has 0 unspecified atom stereocenters. The molecule has 0 amide bonds. The van der Waals surface area contributed by atoms with Gasteiger partial charge in [-0.15, -0.1) is 23.2 Å². The van der Waals surface area contributed by atoms with Gasteiger partial charge in [0.2, 0.25) is 0 Å². The summed E-state index contributed by atoms with van der Waals surface area (Å²) in [6, 6.07) is 1.98. The van der Waals surface area contributed by atoms with E-state index in [1.807, 2.05) is 40.0 Å². The predicted molar refractivity (Wildman–Crippen MR) is 100 cm³/mol. The quantitative estimate of drug-likeness (QED) is 0.473. The maximum atomic E-state index is 12.2. The Morgan fingerprint density at radius 3 is 2.08 bits per heavy atom. The third-order valence-corrected chi connectivity index (χ3v) is 5.36. The number of H-pyrrole nitrogens is 1. The molecular formula is C17H17Cl2N3OS. The molecule has 0 radical (unpaired) electrons. The number of nitrogens with one attached hydrogen (secondary N) is 1. The zero-order valence-electron chi connectivity index (χ0n) is 14.0. The molecule has 0 saturated heterocycles. The molecule has 0 saturated carbocycles. The van der Waals surface area contributed by atoms with Crippen molar-refractivity contribution >= 4 is 35.0 Å². The number of rotatable bonds is 3. The Labute approximate surface area is 155 Å². The second-order valence-corrected chi connectivity index (χ2v) is 7.39. The van der Waals surface area contributed by atoms with E-state index in [4.69, 9.17) is 23.2 Å². The molecule has 1 aromatic heterocycles. The Balaban J connectivity index is 2.97. The van der Waals surface area contributed by atoms with Gasteiger partial charge in [0.15, 0.2) is 5.16 Å². The van der Waals surface area contributed by atoms with Crippen LogP contribution >= 0.6 is 35.0 Å². The average Bonchev–Trinajstić information content (AvgIpc) is 2.52. The predicted octanol–water partition coefficient (Wildman–Crippen LogP) is 4.74. The van der Waals surface area contributed by atoms with Gasteiger partial charge in [0.1, 0.15) is 16.5 Å². The molecule has 0 aliphatic carbocycles. The van der Waals surface area contributed by atoms with E-state index in [1.165, 1.54) is 11.8 Å². The summed E-state index contributed by atoms with van der Waals surface area (Å²) in [7, 11) is 0. The van der Waals surface area contributed by atoms with Gasteiger partial charge in [0.25, 0.3) is 5.56 Å². The van der Waals surface area contributed by atoms with Crippen LogP contribution in [0.25, 0.3) is 11.3 Å². The molecule has 4 nitrogen and oxygen atoms in total. The van der Waals surface area contributed by atoms with Crippen molar-refractivity contribution in [3.8, 4) is 17.3 Å². The summed E-state index contributed by atoms with van der Waals surface area (Å²) < 4.78 is 0. The van der Waals surface area contributed by atoms with Gasteiger partial charge in [-0.05, 0) is 61.8 Å². The van der Waals surface area contributed by atoms with E-state index in [-0.39, 0.29) is 5.56 Å². The van der Waals surface area contributed by atoms with Crippen molar-refractivity contribution in [1.29, 1.82) is 5.26 Å². The van der Waals surface area contributed by atoms with Crippen LogP contribution in [0.15, 0.2) is 9.95 Å². The molecule has 0 fully saturated rings. The van der Waals surface area contributed by atoms with Gasteiger partial charge >= 0.3 is 0 Å². The monoisotopic (exact) mass is 381 g/mol. The van der Waals surface area contributed by atoms with Crippen molar-refractivity contribution in [2.45, 2.75) is 37.7 Å². The van der Waals surface area contributed by atoms with Crippen molar-refractivity contribution in [2.75, 3.05) is 6.26 Å². The second-order valence-electron chi connectivity index (χ2n) is 5.50.